The standard InChI is InChI=1S/C37H62/c1-31(33-24-18-12-6-3-7-13-19-25-33)32(2)35-30-37(28-22-16-10-5-11-17-23-29-37)36(35)34-26-20-14-8-4-9-15-21-27-34/h3-30H2,1-2H3/b35-32+. The van der Waals surface area contributed by atoms with Crippen LogP contribution in [-0.4, -0.2) is 0 Å². The van der Waals surface area contributed by atoms with Gasteiger partial charge in [-0.2, -0.15) is 0 Å². The molecular weight excluding hydrogens is 444 g/mol. The summed E-state index contributed by atoms with van der Waals surface area (Å²) in [6.45, 7) is 5.07. The number of rotatable bonds is 1. The minimum atomic E-state index is 0.536. The minimum absolute atomic E-state index is 0.536. The molecule has 4 rings (SSSR count). The molecule has 0 nitrogen and oxygen atoms in total. The molecule has 210 valence electrons. The number of allylic oxidation sites excluding steroid dienone is 6. The van der Waals surface area contributed by atoms with Crippen LogP contribution in [0.2, 0.25) is 0 Å². The van der Waals surface area contributed by atoms with Crippen LogP contribution in [0.4, 0.5) is 0 Å². The Kier molecular flexibility index (Phi) is 12.4. The normalized spacial score (nSPS) is 27.2. The van der Waals surface area contributed by atoms with E-state index in [1.807, 2.05) is 22.3 Å². The topological polar surface area (TPSA) is 0 Å². The number of hydrogen-bond donors (Lipinski definition) is 0. The van der Waals surface area contributed by atoms with Crippen LogP contribution in [0.25, 0.3) is 0 Å². The molecule has 0 heterocycles. The van der Waals surface area contributed by atoms with Gasteiger partial charge in [0, 0.05) is 0 Å². The second-order valence-electron chi connectivity index (χ2n) is 13.7. The molecule has 0 aliphatic heterocycles. The van der Waals surface area contributed by atoms with E-state index in [0.29, 0.717) is 5.41 Å². The Morgan fingerprint density at radius 1 is 0.432 bits per heavy atom. The second kappa shape index (κ2) is 15.7. The Labute approximate surface area is 232 Å². The van der Waals surface area contributed by atoms with Gasteiger partial charge in [0.05, 0.1) is 0 Å². The summed E-state index contributed by atoms with van der Waals surface area (Å²) in [7, 11) is 0. The average molecular weight is 507 g/mol. The fourth-order valence-electron chi connectivity index (χ4n) is 8.49. The quantitative estimate of drug-likeness (QED) is 0.331. The van der Waals surface area contributed by atoms with Crippen molar-refractivity contribution in [3.63, 3.8) is 0 Å². The molecular formula is C37H62. The van der Waals surface area contributed by atoms with Gasteiger partial charge in [-0.1, -0.05) is 120 Å². The Hall–Kier alpha value is -0.780. The predicted molar refractivity (Wildman–Crippen MR) is 164 cm³/mol. The van der Waals surface area contributed by atoms with Gasteiger partial charge in [0.2, 0.25) is 0 Å². The van der Waals surface area contributed by atoms with Crippen molar-refractivity contribution in [1.82, 2.24) is 0 Å². The molecule has 0 atom stereocenters. The van der Waals surface area contributed by atoms with Crippen LogP contribution < -0.4 is 0 Å². The van der Waals surface area contributed by atoms with E-state index < -0.39 is 0 Å². The Bertz CT molecular complexity index is 753. The highest BCUT2D eigenvalue weighted by Crippen LogP contribution is 2.60. The van der Waals surface area contributed by atoms with Crippen molar-refractivity contribution in [1.29, 1.82) is 0 Å². The second-order valence-corrected chi connectivity index (χ2v) is 13.7. The lowest BCUT2D eigenvalue weighted by molar-refractivity contribution is 0.222. The van der Waals surface area contributed by atoms with Gasteiger partial charge in [-0.25, -0.2) is 0 Å². The molecule has 4 saturated carbocycles. The lowest BCUT2D eigenvalue weighted by atomic mass is 9.53. The molecule has 4 fully saturated rings. The summed E-state index contributed by atoms with van der Waals surface area (Å²) in [5, 5.41) is 0. The first-order chi connectivity index (χ1) is 18.2. The summed E-state index contributed by atoms with van der Waals surface area (Å²) in [4.78, 5) is 0. The molecule has 0 aromatic rings. The summed E-state index contributed by atoms with van der Waals surface area (Å²) in [6, 6.07) is 0. The summed E-state index contributed by atoms with van der Waals surface area (Å²) in [5.41, 5.74) is 11.5. The summed E-state index contributed by atoms with van der Waals surface area (Å²) >= 11 is 0. The van der Waals surface area contributed by atoms with Crippen molar-refractivity contribution < 1.29 is 0 Å². The minimum Gasteiger partial charge on any atom is -0.0670 e. The fraction of sp³-hybridized carbons (Fsp3) is 0.838. The van der Waals surface area contributed by atoms with Crippen molar-refractivity contribution in [2.24, 2.45) is 5.41 Å². The smallest absolute Gasteiger partial charge is 0.000406 e. The maximum atomic E-state index is 2.55. The maximum Gasteiger partial charge on any atom is -0.000406 e. The monoisotopic (exact) mass is 506 g/mol. The average Bonchev–Trinajstić information content (AvgIpc) is 2.92. The van der Waals surface area contributed by atoms with Gasteiger partial charge in [-0.05, 0) is 112 Å². The van der Waals surface area contributed by atoms with Crippen LogP contribution in [0, 0.1) is 5.41 Å². The molecule has 0 N–H and O–H groups in total. The Morgan fingerprint density at radius 3 is 1.27 bits per heavy atom. The van der Waals surface area contributed by atoms with E-state index in [2.05, 4.69) is 13.8 Å². The molecule has 0 saturated heterocycles. The molecule has 0 heteroatoms. The van der Waals surface area contributed by atoms with E-state index in [1.54, 1.807) is 11.1 Å². The zero-order valence-electron chi connectivity index (χ0n) is 25.3. The van der Waals surface area contributed by atoms with E-state index in [0.717, 1.165) is 0 Å². The first kappa shape index (κ1) is 29.2. The predicted octanol–water partition coefficient (Wildman–Crippen LogP) is 12.9. The van der Waals surface area contributed by atoms with Crippen molar-refractivity contribution in [2.75, 3.05) is 0 Å². The Morgan fingerprint density at radius 2 is 0.811 bits per heavy atom. The number of hydrogen-bond acceptors (Lipinski definition) is 0. The molecule has 4 aliphatic rings. The van der Waals surface area contributed by atoms with Gasteiger partial charge in [-0.15, -0.1) is 0 Å². The van der Waals surface area contributed by atoms with Crippen molar-refractivity contribution in [3.05, 3.63) is 33.4 Å². The van der Waals surface area contributed by atoms with Gasteiger partial charge in [0.1, 0.15) is 0 Å². The van der Waals surface area contributed by atoms with E-state index in [1.165, 1.54) is 180 Å². The highest BCUT2D eigenvalue weighted by molar-refractivity contribution is 5.57. The SMILES string of the molecule is CC(=C1CCCCCCCCC1)/C(C)=C1\CC2(CCCCCCCCC2)C1=C1CCCCCCCCC1. The van der Waals surface area contributed by atoms with Gasteiger partial charge >= 0.3 is 0 Å². The fourth-order valence-corrected chi connectivity index (χ4v) is 8.49. The van der Waals surface area contributed by atoms with Gasteiger partial charge in [0.25, 0.3) is 0 Å². The van der Waals surface area contributed by atoms with Gasteiger partial charge in [-0.3, -0.25) is 0 Å². The largest absolute Gasteiger partial charge is 0.0670 e. The molecule has 0 aromatic carbocycles. The summed E-state index contributed by atoms with van der Waals surface area (Å²) < 4.78 is 0. The molecule has 0 unspecified atom stereocenters. The van der Waals surface area contributed by atoms with Crippen LogP contribution >= 0.6 is 0 Å². The van der Waals surface area contributed by atoms with Crippen molar-refractivity contribution in [2.45, 2.75) is 194 Å². The molecule has 37 heavy (non-hydrogen) atoms. The van der Waals surface area contributed by atoms with Crippen molar-refractivity contribution in [3.8, 4) is 0 Å². The van der Waals surface area contributed by atoms with Gasteiger partial charge in [0.15, 0.2) is 0 Å². The summed E-state index contributed by atoms with van der Waals surface area (Å²) in [5.74, 6) is 0. The lowest BCUT2D eigenvalue weighted by Gasteiger charge is -2.51. The van der Waals surface area contributed by atoms with Crippen LogP contribution in [0.3, 0.4) is 0 Å². The van der Waals surface area contributed by atoms with E-state index in [4.69, 9.17) is 0 Å². The van der Waals surface area contributed by atoms with Gasteiger partial charge < -0.3 is 0 Å². The maximum absolute atomic E-state index is 2.55. The van der Waals surface area contributed by atoms with Crippen molar-refractivity contribution >= 4 is 0 Å². The first-order valence-electron chi connectivity index (χ1n) is 17.3. The Balaban J connectivity index is 1.68. The molecule has 0 bridgehead atoms. The molecule has 0 radical (unpaired) electrons. The van der Waals surface area contributed by atoms with E-state index in [-0.39, 0.29) is 0 Å². The molecule has 4 aliphatic carbocycles. The van der Waals surface area contributed by atoms with E-state index >= 15 is 0 Å². The third-order valence-electron chi connectivity index (χ3n) is 11.0. The highest BCUT2D eigenvalue weighted by atomic mass is 14.5. The zero-order chi connectivity index (χ0) is 25.8. The third-order valence-corrected chi connectivity index (χ3v) is 11.0. The molecule has 0 aromatic heterocycles. The lowest BCUT2D eigenvalue weighted by Crippen LogP contribution is -2.37. The van der Waals surface area contributed by atoms with Crippen LogP contribution in [0.5, 0.6) is 0 Å². The molecule has 0 amide bonds. The first-order valence-corrected chi connectivity index (χ1v) is 17.3. The molecule has 1 spiro atoms. The third kappa shape index (κ3) is 8.35. The summed E-state index contributed by atoms with van der Waals surface area (Å²) in [6.07, 6.45) is 40.7. The highest BCUT2D eigenvalue weighted by Gasteiger charge is 2.46. The van der Waals surface area contributed by atoms with Crippen LogP contribution in [0.1, 0.15) is 194 Å². The van der Waals surface area contributed by atoms with Crippen LogP contribution in [-0.2, 0) is 0 Å². The van der Waals surface area contributed by atoms with E-state index in [9.17, 15) is 0 Å². The zero-order valence-corrected chi connectivity index (χ0v) is 25.3. The van der Waals surface area contributed by atoms with Crippen LogP contribution in [0.15, 0.2) is 33.4 Å².